The van der Waals surface area contributed by atoms with Crippen molar-refractivity contribution < 1.29 is 8.78 Å². The van der Waals surface area contributed by atoms with Crippen LogP contribution >= 0.6 is 0 Å². The van der Waals surface area contributed by atoms with Crippen LogP contribution in [0.5, 0.6) is 0 Å². The minimum atomic E-state index is -0.943. The molecule has 0 amide bonds. The number of nitrogens with zero attached hydrogens (tertiary/aromatic N) is 4. The summed E-state index contributed by atoms with van der Waals surface area (Å²) in [4.78, 5) is 3.27. The molecule has 4 nitrogen and oxygen atoms in total. The highest BCUT2D eigenvalue weighted by Crippen LogP contribution is 2.43. The summed E-state index contributed by atoms with van der Waals surface area (Å²) in [6.07, 6.45) is 0. The molecule has 178 valence electrons. The van der Waals surface area contributed by atoms with Crippen molar-refractivity contribution in [3.8, 4) is 17.4 Å². The molecule has 6 heteroatoms. The topological polar surface area (TPSA) is 38.0 Å². The van der Waals surface area contributed by atoms with Gasteiger partial charge in [0.15, 0.2) is 11.6 Å². The van der Waals surface area contributed by atoms with E-state index in [0.29, 0.717) is 22.1 Å². The average Bonchev–Trinajstić information content (AvgIpc) is 3.47. The van der Waals surface area contributed by atoms with Gasteiger partial charge in [0.05, 0.1) is 46.0 Å². The van der Waals surface area contributed by atoms with Gasteiger partial charge in [-0.05, 0) is 24.3 Å². The van der Waals surface area contributed by atoms with Crippen molar-refractivity contribution in [1.29, 1.82) is 5.26 Å². The van der Waals surface area contributed by atoms with Gasteiger partial charge in [0, 0.05) is 21.5 Å². The Labute approximate surface area is 215 Å². The number of para-hydroxylation sites is 4. The molecule has 0 saturated heterocycles. The van der Waals surface area contributed by atoms with Crippen molar-refractivity contribution in [2.24, 2.45) is 0 Å². The van der Waals surface area contributed by atoms with Crippen molar-refractivity contribution in [2.45, 2.75) is 0 Å². The molecule has 38 heavy (non-hydrogen) atoms. The lowest BCUT2D eigenvalue weighted by atomic mass is 10.1. The molecule has 0 fully saturated rings. The van der Waals surface area contributed by atoms with Crippen molar-refractivity contribution in [2.75, 3.05) is 0 Å². The Morgan fingerprint density at radius 2 is 0.921 bits per heavy atom. The second kappa shape index (κ2) is 8.03. The van der Waals surface area contributed by atoms with Crippen molar-refractivity contribution in [3.05, 3.63) is 126 Å². The smallest absolute Gasteiger partial charge is 0.244 e. The van der Waals surface area contributed by atoms with Gasteiger partial charge in [0.2, 0.25) is 5.69 Å². The maximum Gasteiger partial charge on any atom is 0.244 e. The molecule has 0 N–H and O–H groups in total. The van der Waals surface area contributed by atoms with Crippen LogP contribution < -0.4 is 0 Å². The van der Waals surface area contributed by atoms with Crippen LogP contribution in [0, 0.1) is 29.5 Å². The minimum Gasteiger partial charge on any atom is -0.306 e. The van der Waals surface area contributed by atoms with Crippen LogP contribution in [0.4, 0.5) is 14.5 Å². The highest BCUT2D eigenvalue weighted by atomic mass is 19.1. The van der Waals surface area contributed by atoms with Gasteiger partial charge in [0.25, 0.3) is 0 Å². The Balaban J connectivity index is 1.79. The first kappa shape index (κ1) is 21.8. The molecule has 7 rings (SSSR count). The Bertz CT molecular complexity index is 1930. The highest BCUT2D eigenvalue weighted by Gasteiger charge is 2.30. The van der Waals surface area contributed by atoms with E-state index in [9.17, 15) is 5.26 Å². The Hall–Kier alpha value is -5.46. The van der Waals surface area contributed by atoms with Crippen LogP contribution in [0.3, 0.4) is 0 Å². The number of halogens is 2. The molecule has 0 atom stereocenters. The molecule has 0 aliphatic carbocycles. The van der Waals surface area contributed by atoms with Crippen molar-refractivity contribution in [1.82, 2.24) is 9.13 Å². The van der Waals surface area contributed by atoms with Gasteiger partial charge in [0.1, 0.15) is 5.69 Å². The van der Waals surface area contributed by atoms with Gasteiger partial charge < -0.3 is 9.13 Å². The molecule has 0 radical (unpaired) electrons. The molecule has 0 spiro atoms. The van der Waals surface area contributed by atoms with E-state index in [-0.39, 0.29) is 11.4 Å². The first-order valence-corrected chi connectivity index (χ1v) is 11.9. The first-order valence-electron chi connectivity index (χ1n) is 11.9. The lowest BCUT2D eigenvalue weighted by molar-refractivity contribution is 0.591. The molecule has 0 unspecified atom stereocenters. The van der Waals surface area contributed by atoms with E-state index in [4.69, 9.17) is 6.57 Å². The quantitative estimate of drug-likeness (QED) is 0.222. The highest BCUT2D eigenvalue weighted by molar-refractivity contribution is 6.11. The predicted octanol–water partition coefficient (Wildman–Crippen LogP) is 8.58. The molecule has 7 aromatic rings. The van der Waals surface area contributed by atoms with E-state index >= 15 is 8.78 Å². The molecule has 0 aliphatic heterocycles. The second-order valence-corrected chi connectivity index (χ2v) is 9.01. The summed E-state index contributed by atoms with van der Waals surface area (Å²) in [5.74, 6) is -1.88. The third-order valence-corrected chi connectivity index (χ3v) is 7.14. The molecule has 2 aromatic heterocycles. The minimum absolute atomic E-state index is 0.114. The zero-order chi connectivity index (χ0) is 26.0. The number of aromatic nitrogens is 2. The molecule has 0 bridgehead atoms. The van der Waals surface area contributed by atoms with Crippen LogP contribution in [0.15, 0.2) is 97.1 Å². The summed E-state index contributed by atoms with van der Waals surface area (Å²) in [5, 5.41) is 13.3. The number of benzene rings is 5. The van der Waals surface area contributed by atoms with Crippen LogP contribution in [0.25, 0.3) is 59.8 Å². The summed E-state index contributed by atoms with van der Waals surface area (Å²) in [5.41, 5.74) is 1.17. The van der Waals surface area contributed by atoms with E-state index in [0.717, 1.165) is 21.5 Å². The summed E-state index contributed by atoms with van der Waals surface area (Å²) in [7, 11) is 0. The largest absolute Gasteiger partial charge is 0.306 e. The van der Waals surface area contributed by atoms with Crippen LogP contribution in [-0.4, -0.2) is 9.13 Å². The zero-order valence-electron chi connectivity index (χ0n) is 19.8. The Morgan fingerprint density at radius 1 is 0.579 bits per heavy atom. The van der Waals surface area contributed by atoms with Crippen LogP contribution in [0.1, 0.15) is 5.56 Å². The van der Waals surface area contributed by atoms with E-state index in [1.54, 1.807) is 15.2 Å². The molecular formula is C32H16F2N4. The van der Waals surface area contributed by atoms with Crippen LogP contribution in [0.2, 0.25) is 0 Å². The maximum absolute atomic E-state index is 16.6. The fraction of sp³-hybridized carbons (Fsp3) is 0. The molecular weight excluding hydrogens is 478 g/mol. The number of nitriles is 1. The monoisotopic (exact) mass is 494 g/mol. The third-order valence-electron chi connectivity index (χ3n) is 7.14. The predicted molar refractivity (Wildman–Crippen MR) is 146 cm³/mol. The van der Waals surface area contributed by atoms with Gasteiger partial charge in [-0.25, -0.2) is 13.6 Å². The number of rotatable bonds is 2. The summed E-state index contributed by atoms with van der Waals surface area (Å²) in [6.45, 7) is 7.63. The maximum atomic E-state index is 16.6. The lowest BCUT2D eigenvalue weighted by Crippen LogP contribution is -2.11. The third kappa shape index (κ3) is 2.74. The standard InChI is InChI=1S/C32H16F2N4/c1-36-30-23(18-35)28(33)31(37-24-14-6-2-10-19(24)20-11-3-7-15-25(20)37)32(29(30)34)38-26-16-8-4-12-21(26)22-13-5-9-17-27(22)38/h2-17H. The Morgan fingerprint density at radius 3 is 1.26 bits per heavy atom. The second-order valence-electron chi connectivity index (χ2n) is 9.01. The van der Waals surface area contributed by atoms with E-state index in [2.05, 4.69) is 4.85 Å². The molecule has 5 aromatic carbocycles. The van der Waals surface area contributed by atoms with Gasteiger partial charge >= 0.3 is 0 Å². The molecule has 0 aliphatic rings. The number of fused-ring (bicyclic) bond motifs is 6. The summed E-state index contributed by atoms with van der Waals surface area (Å²) < 4.78 is 36.5. The van der Waals surface area contributed by atoms with Crippen molar-refractivity contribution in [3.63, 3.8) is 0 Å². The van der Waals surface area contributed by atoms with E-state index in [1.165, 1.54) is 0 Å². The number of hydrogen-bond donors (Lipinski definition) is 0. The lowest BCUT2D eigenvalue weighted by Gasteiger charge is -2.20. The number of hydrogen-bond acceptors (Lipinski definition) is 1. The normalized spacial score (nSPS) is 11.4. The van der Waals surface area contributed by atoms with Crippen molar-refractivity contribution >= 4 is 49.3 Å². The SMILES string of the molecule is [C-]#[N+]c1c(F)c(-n2c3ccccc3c3ccccc32)c(-n2c3ccccc3c3ccccc32)c(F)c1C#N. The van der Waals surface area contributed by atoms with Gasteiger partial charge in [-0.1, -0.05) is 72.8 Å². The average molecular weight is 495 g/mol. The van der Waals surface area contributed by atoms with Crippen LogP contribution in [-0.2, 0) is 0 Å². The Kier molecular flexibility index (Phi) is 4.60. The zero-order valence-corrected chi connectivity index (χ0v) is 19.8. The molecule has 0 saturated carbocycles. The fourth-order valence-corrected chi connectivity index (χ4v) is 5.59. The summed E-state index contributed by atoms with van der Waals surface area (Å²) >= 11 is 0. The van der Waals surface area contributed by atoms with E-state index < -0.39 is 22.9 Å². The first-order chi connectivity index (χ1) is 18.7. The van der Waals surface area contributed by atoms with Gasteiger partial charge in [-0.2, -0.15) is 5.26 Å². The molecule has 2 heterocycles. The van der Waals surface area contributed by atoms with E-state index in [1.807, 2.05) is 97.1 Å². The summed E-state index contributed by atoms with van der Waals surface area (Å²) in [6, 6.07) is 31.8. The van der Waals surface area contributed by atoms with Gasteiger partial charge in [-0.3, -0.25) is 0 Å². The van der Waals surface area contributed by atoms with Gasteiger partial charge in [-0.15, -0.1) is 0 Å². The fourth-order valence-electron chi connectivity index (χ4n) is 5.59.